The molecule has 0 saturated carbocycles. The third kappa shape index (κ3) is 5.75. The molecule has 2 unspecified atom stereocenters. The number of benzene rings is 2. The van der Waals surface area contributed by atoms with Gasteiger partial charge >= 0.3 is 0 Å². The Bertz CT molecular complexity index is 861. The fourth-order valence-corrected chi connectivity index (χ4v) is 4.34. The minimum absolute atomic E-state index is 0. The van der Waals surface area contributed by atoms with E-state index in [1.807, 2.05) is 19.2 Å². The number of ether oxygens (including phenoxy) is 3. The van der Waals surface area contributed by atoms with Crippen molar-refractivity contribution in [1.29, 1.82) is 0 Å². The minimum Gasteiger partial charge on any atom is -0.493 e. The van der Waals surface area contributed by atoms with E-state index >= 15 is 0 Å². The molecule has 0 aromatic heterocycles. The Hall–Kier alpha value is -2.16. The molecule has 7 heteroatoms. The topological polar surface area (TPSA) is 55.3 Å². The second-order valence-corrected chi connectivity index (χ2v) is 7.62. The number of methoxy groups -OCH3 is 3. The highest BCUT2D eigenvalue weighted by Crippen LogP contribution is 2.39. The molecule has 3 rings (SSSR count). The number of likely N-dealkylation sites (tertiary alicyclic amines) is 1. The van der Waals surface area contributed by atoms with Crippen molar-refractivity contribution in [2.45, 2.75) is 25.8 Å². The normalized spacial score (nSPS) is 18.7. The number of nitrogens with one attached hydrogen (secondary N) is 1. The predicted octanol–water partition coefficient (Wildman–Crippen LogP) is 4.53. The van der Waals surface area contributed by atoms with Crippen molar-refractivity contribution in [3.05, 3.63) is 53.6 Å². The van der Waals surface area contributed by atoms with Crippen LogP contribution >= 0.6 is 24.0 Å². The van der Waals surface area contributed by atoms with E-state index in [0.29, 0.717) is 35.6 Å². The lowest BCUT2D eigenvalue weighted by Crippen LogP contribution is -2.47. The van der Waals surface area contributed by atoms with Crippen LogP contribution in [0.2, 0.25) is 0 Å². The van der Waals surface area contributed by atoms with Gasteiger partial charge in [0.1, 0.15) is 0 Å². The molecular formula is C24H34IN3O3. The van der Waals surface area contributed by atoms with Crippen molar-refractivity contribution in [2.24, 2.45) is 10.9 Å². The summed E-state index contributed by atoms with van der Waals surface area (Å²) in [7, 11) is 6.72. The van der Waals surface area contributed by atoms with E-state index in [4.69, 9.17) is 14.2 Å². The van der Waals surface area contributed by atoms with Gasteiger partial charge < -0.3 is 24.4 Å². The van der Waals surface area contributed by atoms with Crippen LogP contribution in [0.15, 0.2) is 47.5 Å². The number of halogens is 1. The van der Waals surface area contributed by atoms with Crippen LogP contribution in [0.3, 0.4) is 0 Å². The maximum atomic E-state index is 5.60. The fourth-order valence-electron chi connectivity index (χ4n) is 4.34. The molecule has 170 valence electrons. The molecule has 0 spiro atoms. The summed E-state index contributed by atoms with van der Waals surface area (Å²) < 4.78 is 16.5. The predicted molar refractivity (Wildman–Crippen MR) is 136 cm³/mol. The molecule has 0 radical (unpaired) electrons. The van der Waals surface area contributed by atoms with Gasteiger partial charge in [-0.3, -0.25) is 4.99 Å². The van der Waals surface area contributed by atoms with Crippen molar-refractivity contribution in [3.8, 4) is 17.2 Å². The summed E-state index contributed by atoms with van der Waals surface area (Å²) >= 11 is 0. The smallest absolute Gasteiger partial charge is 0.203 e. The first-order chi connectivity index (χ1) is 14.6. The zero-order chi connectivity index (χ0) is 21.5. The van der Waals surface area contributed by atoms with Crippen LogP contribution in [0.25, 0.3) is 0 Å². The Kier molecular flexibility index (Phi) is 9.74. The minimum atomic E-state index is 0. The van der Waals surface area contributed by atoms with Gasteiger partial charge in [0.05, 0.1) is 21.3 Å². The lowest BCUT2D eigenvalue weighted by molar-refractivity contribution is 0.234. The van der Waals surface area contributed by atoms with Crippen LogP contribution in [0.5, 0.6) is 17.2 Å². The van der Waals surface area contributed by atoms with E-state index in [0.717, 1.165) is 31.0 Å². The zero-order valence-corrected chi connectivity index (χ0v) is 21.4. The first kappa shape index (κ1) is 25.1. The van der Waals surface area contributed by atoms with Gasteiger partial charge in [0.2, 0.25) is 5.75 Å². The number of guanidine groups is 1. The Morgan fingerprint density at radius 3 is 2.32 bits per heavy atom. The number of piperidine rings is 1. The van der Waals surface area contributed by atoms with Crippen molar-refractivity contribution in [1.82, 2.24) is 10.2 Å². The molecule has 2 atom stereocenters. The van der Waals surface area contributed by atoms with Crippen molar-refractivity contribution >= 4 is 29.9 Å². The molecule has 6 nitrogen and oxygen atoms in total. The first-order valence-electron chi connectivity index (χ1n) is 10.4. The maximum Gasteiger partial charge on any atom is 0.203 e. The summed E-state index contributed by atoms with van der Waals surface area (Å²) in [6, 6.07) is 14.7. The lowest BCUT2D eigenvalue weighted by Gasteiger charge is -2.39. The van der Waals surface area contributed by atoms with Crippen LogP contribution in [-0.2, 0) is 6.54 Å². The SMILES string of the molecule is CN=C(NCc1ccc(OC)c(OC)c1OC)N1CCC(c2ccccc2)C(C)C1.I. The Labute approximate surface area is 203 Å². The number of nitrogens with zero attached hydrogens (tertiary/aromatic N) is 2. The van der Waals surface area contributed by atoms with E-state index in [9.17, 15) is 0 Å². The van der Waals surface area contributed by atoms with Crippen LogP contribution in [0, 0.1) is 5.92 Å². The molecule has 0 amide bonds. The lowest BCUT2D eigenvalue weighted by atomic mass is 9.82. The maximum absolute atomic E-state index is 5.60. The Morgan fingerprint density at radius 2 is 1.74 bits per heavy atom. The molecule has 1 aliphatic rings. The van der Waals surface area contributed by atoms with Crippen molar-refractivity contribution < 1.29 is 14.2 Å². The van der Waals surface area contributed by atoms with Gasteiger partial charge in [0.25, 0.3) is 0 Å². The largest absolute Gasteiger partial charge is 0.493 e. The summed E-state index contributed by atoms with van der Waals surface area (Å²) in [5.74, 6) is 3.98. The van der Waals surface area contributed by atoms with Crippen molar-refractivity contribution in [3.63, 3.8) is 0 Å². The molecule has 0 bridgehead atoms. The van der Waals surface area contributed by atoms with Crippen LogP contribution in [-0.4, -0.2) is 52.3 Å². The Morgan fingerprint density at radius 1 is 1.03 bits per heavy atom. The monoisotopic (exact) mass is 539 g/mol. The number of aliphatic imine (C=N–C) groups is 1. The van der Waals surface area contributed by atoms with E-state index in [1.165, 1.54) is 5.56 Å². The quantitative estimate of drug-likeness (QED) is 0.332. The van der Waals surface area contributed by atoms with Crippen molar-refractivity contribution in [2.75, 3.05) is 41.5 Å². The van der Waals surface area contributed by atoms with Gasteiger partial charge in [0, 0.05) is 32.2 Å². The molecule has 1 fully saturated rings. The summed E-state index contributed by atoms with van der Waals surface area (Å²) in [6.07, 6.45) is 1.12. The van der Waals surface area contributed by atoms with Gasteiger partial charge in [0.15, 0.2) is 17.5 Å². The zero-order valence-electron chi connectivity index (χ0n) is 19.1. The van der Waals surface area contributed by atoms with Crippen LogP contribution in [0.1, 0.15) is 30.4 Å². The molecule has 0 aliphatic carbocycles. The molecule has 1 saturated heterocycles. The summed E-state index contributed by atoms with van der Waals surface area (Å²) in [5, 5.41) is 3.49. The molecule has 2 aromatic carbocycles. The second kappa shape index (κ2) is 12.0. The number of hydrogen-bond donors (Lipinski definition) is 1. The molecular weight excluding hydrogens is 505 g/mol. The van der Waals surface area contributed by atoms with Gasteiger partial charge in [-0.15, -0.1) is 24.0 Å². The summed E-state index contributed by atoms with van der Waals surface area (Å²) in [4.78, 5) is 6.87. The highest BCUT2D eigenvalue weighted by Gasteiger charge is 2.28. The highest BCUT2D eigenvalue weighted by molar-refractivity contribution is 14.0. The molecule has 31 heavy (non-hydrogen) atoms. The second-order valence-electron chi connectivity index (χ2n) is 7.62. The standard InChI is InChI=1S/C24H33N3O3.HI/c1-17-16-27(14-13-20(17)18-9-7-6-8-10-18)24(25-2)26-15-19-11-12-21(28-3)23(30-5)22(19)29-4;/h6-12,17,20H,13-16H2,1-5H3,(H,25,26);1H. The molecule has 1 aliphatic heterocycles. The van der Waals surface area contributed by atoms with Gasteiger partial charge in [-0.05, 0) is 36.0 Å². The van der Waals surface area contributed by atoms with Gasteiger partial charge in [-0.2, -0.15) is 0 Å². The summed E-state index contributed by atoms with van der Waals surface area (Å²) in [6.45, 7) is 4.87. The third-order valence-electron chi connectivity index (χ3n) is 5.87. The average molecular weight is 539 g/mol. The first-order valence-corrected chi connectivity index (χ1v) is 10.4. The molecule has 2 aromatic rings. The number of rotatable bonds is 6. The molecule has 1 N–H and O–H groups in total. The van der Waals surface area contributed by atoms with Gasteiger partial charge in [-0.1, -0.05) is 37.3 Å². The van der Waals surface area contributed by atoms with E-state index in [-0.39, 0.29) is 24.0 Å². The summed E-state index contributed by atoms with van der Waals surface area (Å²) in [5.41, 5.74) is 2.42. The van der Waals surface area contributed by atoms with E-state index in [1.54, 1.807) is 21.3 Å². The highest BCUT2D eigenvalue weighted by atomic mass is 127. The van der Waals surface area contributed by atoms with E-state index in [2.05, 4.69) is 52.5 Å². The van der Waals surface area contributed by atoms with Gasteiger partial charge in [-0.25, -0.2) is 0 Å². The van der Waals surface area contributed by atoms with Crippen LogP contribution < -0.4 is 19.5 Å². The van der Waals surface area contributed by atoms with E-state index < -0.39 is 0 Å². The third-order valence-corrected chi connectivity index (χ3v) is 5.87. The fraction of sp³-hybridized carbons (Fsp3) is 0.458. The Balaban J connectivity index is 0.00000341. The average Bonchev–Trinajstić information content (AvgIpc) is 2.79. The molecule has 1 heterocycles. The number of hydrogen-bond acceptors (Lipinski definition) is 4. The van der Waals surface area contributed by atoms with Crippen LogP contribution in [0.4, 0.5) is 0 Å².